The van der Waals surface area contributed by atoms with Crippen molar-refractivity contribution in [2.45, 2.75) is 58.5 Å². The average molecular weight is 344 g/mol. The SMILES string of the molecule is Cc1cc(F)cnc1CC(CCCN)NCc1ncccc1C(C)C. The molecule has 2 aromatic heterocycles. The molecular weight excluding hydrogens is 315 g/mol. The number of nitrogens with zero attached hydrogens (tertiary/aromatic N) is 2. The molecule has 0 saturated heterocycles. The van der Waals surface area contributed by atoms with Gasteiger partial charge in [-0.2, -0.15) is 0 Å². The predicted octanol–water partition coefficient (Wildman–Crippen LogP) is 3.49. The van der Waals surface area contributed by atoms with E-state index < -0.39 is 0 Å². The van der Waals surface area contributed by atoms with Crippen LogP contribution in [0.2, 0.25) is 0 Å². The molecule has 0 spiro atoms. The third-order valence-electron chi connectivity index (χ3n) is 4.46. The lowest BCUT2D eigenvalue weighted by Crippen LogP contribution is -2.32. The average Bonchev–Trinajstić information content (AvgIpc) is 2.59. The molecule has 0 aliphatic carbocycles. The Labute approximate surface area is 150 Å². The Bertz CT molecular complexity index is 672. The van der Waals surface area contributed by atoms with Gasteiger partial charge in [-0.1, -0.05) is 19.9 Å². The highest BCUT2D eigenvalue weighted by atomic mass is 19.1. The fourth-order valence-electron chi connectivity index (χ4n) is 3.02. The largest absolute Gasteiger partial charge is 0.330 e. The molecule has 1 atom stereocenters. The Morgan fingerprint density at radius 1 is 1.24 bits per heavy atom. The van der Waals surface area contributed by atoms with Crippen LogP contribution in [-0.2, 0) is 13.0 Å². The molecule has 1 unspecified atom stereocenters. The van der Waals surface area contributed by atoms with Crippen LogP contribution in [0.4, 0.5) is 4.39 Å². The molecule has 0 fully saturated rings. The van der Waals surface area contributed by atoms with Gasteiger partial charge in [0.15, 0.2) is 0 Å². The van der Waals surface area contributed by atoms with Gasteiger partial charge in [0, 0.05) is 30.9 Å². The normalized spacial score (nSPS) is 12.6. The van der Waals surface area contributed by atoms with E-state index in [0.717, 1.165) is 36.2 Å². The predicted molar refractivity (Wildman–Crippen MR) is 99.9 cm³/mol. The molecule has 136 valence electrons. The van der Waals surface area contributed by atoms with Crippen molar-refractivity contribution in [1.29, 1.82) is 0 Å². The number of rotatable bonds is 9. The van der Waals surface area contributed by atoms with E-state index in [9.17, 15) is 4.39 Å². The number of pyridine rings is 2. The highest BCUT2D eigenvalue weighted by Crippen LogP contribution is 2.18. The molecule has 0 aliphatic heterocycles. The van der Waals surface area contributed by atoms with Gasteiger partial charge in [0.05, 0.1) is 11.9 Å². The van der Waals surface area contributed by atoms with Crippen molar-refractivity contribution in [2.75, 3.05) is 6.54 Å². The molecule has 3 N–H and O–H groups in total. The van der Waals surface area contributed by atoms with E-state index >= 15 is 0 Å². The van der Waals surface area contributed by atoms with Crippen LogP contribution >= 0.6 is 0 Å². The Morgan fingerprint density at radius 2 is 2.04 bits per heavy atom. The van der Waals surface area contributed by atoms with Crippen molar-refractivity contribution < 1.29 is 4.39 Å². The molecule has 0 amide bonds. The number of nitrogens with one attached hydrogen (secondary N) is 1. The maximum atomic E-state index is 13.3. The minimum Gasteiger partial charge on any atom is -0.330 e. The van der Waals surface area contributed by atoms with Crippen molar-refractivity contribution in [3.8, 4) is 0 Å². The molecule has 2 heterocycles. The highest BCUT2D eigenvalue weighted by Gasteiger charge is 2.14. The van der Waals surface area contributed by atoms with E-state index in [1.54, 1.807) is 0 Å². The third-order valence-corrected chi connectivity index (χ3v) is 4.46. The second-order valence-corrected chi connectivity index (χ2v) is 6.82. The minimum atomic E-state index is -0.289. The Hall–Kier alpha value is -1.85. The quantitative estimate of drug-likeness (QED) is 0.731. The first kappa shape index (κ1) is 19.5. The van der Waals surface area contributed by atoms with Gasteiger partial charge in [-0.05, 0) is 55.5 Å². The van der Waals surface area contributed by atoms with Gasteiger partial charge in [0.25, 0.3) is 0 Å². The van der Waals surface area contributed by atoms with Crippen LogP contribution < -0.4 is 11.1 Å². The topological polar surface area (TPSA) is 63.8 Å². The van der Waals surface area contributed by atoms with Gasteiger partial charge in [0.1, 0.15) is 5.82 Å². The number of aryl methyl sites for hydroxylation is 1. The van der Waals surface area contributed by atoms with Crippen molar-refractivity contribution in [3.63, 3.8) is 0 Å². The van der Waals surface area contributed by atoms with Crippen molar-refractivity contribution in [1.82, 2.24) is 15.3 Å². The van der Waals surface area contributed by atoms with Crippen LogP contribution in [0.5, 0.6) is 0 Å². The van der Waals surface area contributed by atoms with Gasteiger partial charge >= 0.3 is 0 Å². The van der Waals surface area contributed by atoms with Crippen LogP contribution in [0.25, 0.3) is 0 Å². The van der Waals surface area contributed by atoms with Gasteiger partial charge in [0.2, 0.25) is 0 Å². The third kappa shape index (κ3) is 5.87. The number of nitrogens with two attached hydrogens (primary N) is 1. The number of halogens is 1. The fraction of sp³-hybridized carbons (Fsp3) is 0.500. The summed E-state index contributed by atoms with van der Waals surface area (Å²) in [4.78, 5) is 8.80. The summed E-state index contributed by atoms with van der Waals surface area (Å²) in [5.74, 6) is 0.150. The summed E-state index contributed by atoms with van der Waals surface area (Å²) in [7, 11) is 0. The molecule has 2 aromatic rings. The molecule has 2 rings (SSSR count). The van der Waals surface area contributed by atoms with E-state index in [1.807, 2.05) is 19.2 Å². The first-order valence-electron chi connectivity index (χ1n) is 8.99. The van der Waals surface area contributed by atoms with E-state index in [0.29, 0.717) is 19.0 Å². The van der Waals surface area contributed by atoms with Gasteiger partial charge in [-0.3, -0.25) is 9.97 Å². The minimum absolute atomic E-state index is 0.238. The smallest absolute Gasteiger partial charge is 0.141 e. The summed E-state index contributed by atoms with van der Waals surface area (Å²) in [6.45, 7) is 7.64. The number of aromatic nitrogens is 2. The lowest BCUT2D eigenvalue weighted by molar-refractivity contribution is 0.456. The standard InChI is InChI=1S/C20H29FN4/c1-14(2)18-7-5-9-23-20(18)13-24-17(6-4-8-22)11-19-15(3)10-16(21)12-25-19/h5,7,9-10,12,14,17,24H,4,6,8,11,13,22H2,1-3H3. The summed E-state index contributed by atoms with van der Waals surface area (Å²) in [6, 6.07) is 5.89. The van der Waals surface area contributed by atoms with Crippen LogP contribution in [0.1, 0.15) is 55.1 Å². The Morgan fingerprint density at radius 3 is 2.72 bits per heavy atom. The molecular formula is C20H29FN4. The summed E-state index contributed by atoms with van der Waals surface area (Å²) in [6.07, 6.45) is 5.79. The Kier molecular flexibility index (Phi) is 7.47. The maximum Gasteiger partial charge on any atom is 0.141 e. The molecule has 0 radical (unpaired) electrons. The zero-order valence-electron chi connectivity index (χ0n) is 15.4. The molecule has 0 aliphatic rings. The van der Waals surface area contributed by atoms with Crippen molar-refractivity contribution in [3.05, 3.63) is 58.9 Å². The number of hydrogen-bond acceptors (Lipinski definition) is 4. The van der Waals surface area contributed by atoms with Gasteiger partial charge in [-0.25, -0.2) is 4.39 Å². The van der Waals surface area contributed by atoms with E-state index in [-0.39, 0.29) is 11.9 Å². The van der Waals surface area contributed by atoms with E-state index in [4.69, 9.17) is 5.73 Å². The summed E-state index contributed by atoms with van der Waals surface area (Å²) >= 11 is 0. The van der Waals surface area contributed by atoms with Gasteiger partial charge in [-0.15, -0.1) is 0 Å². The Balaban J connectivity index is 2.07. The second-order valence-electron chi connectivity index (χ2n) is 6.82. The molecule has 5 heteroatoms. The van der Waals surface area contributed by atoms with Gasteiger partial charge < -0.3 is 11.1 Å². The second kappa shape index (κ2) is 9.59. The molecule has 0 aromatic carbocycles. The lowest BCUT2D eigenvalue weighted by atomic mass is 10.00. The summed E-state index contributed by atoms with van der Waals surface area (Å²) in [5.41, 5.74) is 9.86. The van der Waals surface area contributed by atoms with Crippen LogP contribution in [0, 0.1) is 12.7 Å². The summed E-state index contributed by atoms with van der Waals surface area (Å²) in [5, 5.41) is 3.60. The highest BCUT2D eigenvalue weighted by molar-refractivity contribution is 5.23. The molecule has 0 bridgehead atoms. The first-order chi connectivity index (χ1) is 12.0. The molecule has 0 saturated carbocycles. The zero-order valence-corrected chi connectivity index (χ0v) is 15.4. The van der Waals surface area contributed by atoms with Crippen molar-refractivity contribution in [2.24, 2.45) is 5.73 Å². The summed E-state index contributed by atoms with van der Waals surface area (Å²) < 4.78 is 13.3. The van der Waals surface area contributed by atoms with Crippen LogP contribution in [0.3, 0.4) is 0 Å². The zero-order chi connectivity index (χ0) is 18.2. The molecule has 4 nitrogen and oxygen atoms in total. The van der Waals surface area contributed by atoms with E-state index in [1.165, 1.54) is 17.8 Å². The lowest BCUT2D eigenvalue weighted by Gasteiger charge is -2.20. The molecule has 25 heavy (non-hydrogen) atoms. The fourth-order valence-corrected chi connectivity index (χ4v) is 3.02. The first-order valence-corrected chi connectivity index (χ1v) is 8.99. The van der Waals surface area contributed by atoms with Crippen LogP contribution in [-0.4, -0.2) is 22.6 Å². The number of hydrogen-bond donors (Lipinski definition) is 2. The monoisotopic (exact) mass is 344 g/mol. The maximum absolute atomic E-state index is 13.3. The van der Waals surface area contributed by atoms with E-state index in [2.05, 4.69) is 35.2 Å². The van der Waals surface area contributed by atoms with Crippen LogP contribution in [0.15, 0.2) is 30.6 Å². The van der Waals surface area contributed by atoms with Crippen molar-refractivity contribution >= 4 is 0 Å².